The molecule has 0 radical (unpaired) electrons. The molecule has 5 heterocycles. The fourth-order valence-electron chi connectivity index (χ4n) is 5.41. The highest BCUT2D eigenvalue weighted by atomic mass is 35.5. The summed E-state index contributed by atoms with van der Waals surface area (Å²) in [4.78, 5) is 9.63. The van der Waals surface area contributed by atoms with Gasteiger partial charge in [-0.3, -0.25) is 4.57 Å². The summed E-state index contributed by atoms with van der Waals surface area (Å²) < 4.78 is 38.3. The van der Waals surface area contributed by atoms with E-state index in [9.17, 15) is 5.11 Å². The molecular weight excluding hydrogens is 589 g/mol. The van der Waals surface area contributed by atoms with Crippen molar-refractivity contribution >= 4 is 43.4 Å². The minimum absolute atomic E-state index is 0.221. The number of fused-ring (bicyclic) bond motifs is 2. The minimum atomic E-state index is -1.27. The zero-order valence-electron chi connectivity index (χ0n) is 25.9. The van der Waals surface area contributed by atoms with Crippen LogP contribution in [0.5, 0.6) is 6.01 Å². The van der Waals surface area contributed by atoms with E-state index in [0.29, 0.717) is 41.1 Å². The average molecular weight is 630 g/mol. The Hall–Kier alpha value is -2.03. The lowest BCUT2D eigenvalue weighted by atomic mass is 9.79. The van der Waals surface area contributed by atoms with Crippen LogP contribution >= 0.6 is 11.6 Å². The maximum absolute atomic E-state index is 10.2. The van der Waals surface area contributed by atoms with E-state index >= 15 is 0 Å². The van der Waals surface area contributed by atoms with Gasteiger partial charge in [-0.25, -0.2) is 4.98 Å². The number of aliphatic hydroxyl groups excluding tert-OH is 1. The number of imidazole rings is 1. The number of halogens is 1. The number of rotatable bonds is 9. The van der Waals surface area contributed by atoms with E-state index in [1.165, 1.54) is 0 Å². The smallest absolute Gasteiger partial charge is 0.456 e. The summed E-state index contributed by atoms with van der Waals surface area (Å²) in [6, 6.07) is 11.1. The van der Waals surface area contributed by atoms with Gasteiger partial charge in [-0.05, 0) is 45.3 Å². The number of pyridine rings is 1. The van der Waals surface area contributed by atoms with Crippen molar-refractivity contribution in [1.82, 2.24) is 14.5 Å². The van der Waals surface area contributed by atoms with Crippen LogP contribution in [0.1, 0.15) is 27.7 Å². The number of benzene rings is 1. The molecule has 0 unspecified atom stereocenters. The Kier molecular flexibility index (Phi) is 8.21. The molecule has 0 aliphatic carbocycles. The van der Waals surface area contributed by atoms with Crippen molar-refractivity contribution in [3.05, 3.63) is 35.4 Å². The third-order valence-electron chi connectivity index (χ3n) is 8.82. The Bertz CT molecular complexity index is 1460. The van der Waals surface area contributed by atoms with Crippen LogP contribution in [0.15, 0.2) is 30.3 Å². The quantitative estimate of drug-likeness (QED) is 0.274. The predicted octanol–water partition coefficient (Wildman–Crippen LogP) is 4.27. The van der Waals surface area contributed by atoms with Crippen molar-refractivity contribution in [2.24, 2.45) is 0 Å². The van der Waals surface area contributed by atoms with Gasteiger partial charge >= 0.3 is 13.1 Å². The van der Waals surface area contributed by atoms with E-state index in [-0.39, 0.29) is 19.4 Å². The van der Waals surface area contributed by atoms with E-state index in [1.54, 1.807) is 0 Å². The molecule has 1 aromatic carbocycles. The Balaban J connectivity index is 1.27. The topological polar surface area (TPSA) is 106 Å². The summed E-state index contributed by atoms with van der Waals surface area (Å²) in [6.07, 6.45) is -1.86. The fourth-order valence-corrected chi connectivity index (χ4v) is 6.42. The lowest BCUT2D eigenvalue weighted by Gasteiger charge is -2.32. The van der Waals surface area contributed by atoms with Crippen molar-refractivity contribution in [2.75, 3.05) is 19.8 Å². The van der Waals surface area contributed by atoms with Crippen LogP contribution < -0.4 is 10.2 Å². The summed E-state index contributed by atoms with van der Waals surface area (Å²) >= 11 is 6.84. The number of hydrogen-bond donors (Lipinski definition) is 1. The molecule has 2 aromatic heterocycles. The number of aliphatic hydroxyl groups is 1. The largest absolute Gasteiger partial charge is 0.494 e. The third-order valence-corrected chi connectivity index (χ3v) is 10.8. The Morgan fingerprint density at radius 3 is 2.37 bits per heavy atom. The lowest BCUT2D eigenvalue weighted by molar-refractivity contribution is 0.00339. The summed E-state index contributed by atoms with van der Waals surface area (Å²) in [5.41, 5.74) is 2.73. The highest BCUT2D eigenvalue weighted by molar-refractivity contribution is 6.76. The van der Waals surface area contributed by atoms with Gasteiger partial charge in [0, 0.05) is 20.2 Å². The van der Waals surface area contributed by atoms with Gasteiger partial charge in [0.2, 0.25) is 0 Å². The standard InChI is InChI=1S/C30H41BClN3O7Si/c1-29(2)30(3,4)42-31(41-29)19-10-8-18(9-11-19)24-20(32)14-21-27(33-24)34-28(35(21)17-37-12-13-43(5,6)7)40-23-16-39-25-22(36)15-38-26(23)25/h8-11,14,22-23,25-26,36H,12-13,15-17H2,1-7H3/t22-,23-,25-,26-/m1/s1. The molecule has 0 amide bonds. The Morgan fingerprint density at radius 1 is 1.02 bits per heavy atom. The molecule has 6 rings (SSSR count). The second-order valence-electron chi connectivity index (χ2n) is 13.9. The summed E-state index contributed by atoms with van der Waals surface area (Å²) in [5.74, 6) is 0. The molecule has 43 heavy (non-hydrogen) atoms. The zero-order valence-corrected chi connectivity index (χ0v) is 27.7. The minimum Gasteiger partial charge on any atom is -0.456 e. The normalized spacial score (nSPS) is 26.4. The van der Waals surface area contributed by atoms with Crippen molar-refractivity contribution in [2.45, 2.75) is 95.7 Å². The number of nitrogens with zero attached hydrogens (tertiary/aromatic N) is 3. The molecule has 0 saturated carbocycles. The summed E-state index contributed by atoms with van der Waals surface area (Å²) in [7, 11) is -1.72. The molecule has 3 aliphatic heterocycles. The van der Waals surface area contributed by atoms with Crippen LogP contribution in [0.3, 0.4) is 0 Å². The van der Waals surface area contributed by atoms with Crippen molar-refractivity contribution in [1.29, 1.82) is 0 Å². The predicted molar refractivity (Wildman–Crippen MR) is 168 cm³/mol. The van der Waals surface area contributed by atoms with Gasteiger partial charge in [0.1, 0.15) is 25.0 Å². The first-order valence-corrected chi connectivity index (χ1v) is 19.0. The van der Waals surface area contributed by atoms with Gasteiger partial charge in [0.05, 0.1) is 40.6 Å². The first kappa shape index (κ1) is 31.0. The average Bonchev–Trinajstić information content (AvgIpc) is 3.64. The first-order valence-electron chi connectivity index (χ1n) is 14.9. The summed E-state index contributed by atoms with van der Waals surface area (Å²) in [6.45, 7) is 16.5. The molecule has 3 aliphatic rings. The molecular formula is C30H41BClN3O7Si. The van der Waals surface area contributed by atoms with E-state index in [2.05, 4.69) is 19.6 Å². The van der Waals surface area contributed by atoms with Gasteiger partial charge in [-0.1, -0.05) is 55.5 Å². The van der Waals surface area contributed by atoms with E-state index < -0.39 is 44.7 Å². The van der Waals surface area contributed by atoms with Crippen molar-refractivity contribution < 1.29 is 33.4 Å². The highest BCUT2D eigenvalue weighted by Crippen LogP contribution is 2.37. The van der Waals surface area contributed by atoms with Crippen LogP contribution in [-0.2, 0) is 30.3 Å². The molecule has 1 N–H and O–H groups in total. The van der Waals surface area contributed by atoms with Gasteiger partial charge in [-0.2, -0.15) is 4.98 Å². The van der Waals surface area contributed by atoms with Crippen LogP contribution in [0.4, 0.5) is 0 Å². The number of hydrogen-bond acceptors (Lipinski definition) is 9. The molecule has 3 fully saturated rings. The first-order chi connectivity index (χ1) is 20.2. The zero-order chi connectivity index (χ0) is 30.7. The van der Waals surface area contributed by atoms with Crippen LogP contribution in [-0.4, -0.2) is 90.3 Å². The fraction of sp³-hybridized carbons (Fsp3) is 0.600. The van der Waals surface area contributed by atoms with E-state index in [0.717, 1.165) is 17.1 Å². The van der Waals surface area contributed by atoms with Crippen LogP contribution in [0.2, 0.25) is 30.7 Å². The maximum atomic E-state index is 10.2. The molecule has 13 heteroatoms. The van der Waals surface area contributed by atoms with E-state index in [4.69, 9.17) is 49.8 Å². The monoisotopic (exact) mass is 629 g/mol. The van der Waals surface area contributed by atoms with Crippen molar-refractivity contribution in [3.8, 4) is 17.3 Å². The second kappa shape index (κ2) is 11.4. The van der Waals surface area contributed by atoms with E-state index in [1.807, 2.05) is 62.6 Å². The molecule has 232 valence electrons. The van der Waals surface area contributed by atoms with Crippen LogP contribution in [0, 0.1) is 0 Å². The van der Waals surface area contributed by atoms with Gasteiger partial charge in [0.15, 0.2) is 11.8 Å². The molecule has 0 bridgehead atoms. The Morgan fingerprint density at radius 2 is 1.70 bits per heavy atom. The lowest BCUT2D eigenvalue weighted by Crippen LogP contribution is -2.41. The molecule has 4 atom stereocenters. The SMILES string of the molecule is CC1(C)OB(c2ccc(-c3nc4nc(O[C@@H]5CO[C@H]6[C@@H]5OC[C@H]6O)n(COCC[Si](C)(C)C)c4cc3Cl)cc2)OC1(C)C. The maximum Gasteiger partial charge on any atom is 0.494 e. The number of aromatic nitrogens is 3. The number of ether oxygens (including phenoxy) is 4. The molecule has 0 spiro atoms. The second-order valence-corrected chi connectivity index (χ2v) is 19.9. The van der Waals surface area contributed by atoms with Gasteiger partial charge in [-0.15, -0.1) is 0 Å². The van der Waals surface area contributed by atoms with Gasteiger partial charge < -0.3 is 33.4 Å². The highest BCUT2D eigenvalue weighted by Gasteiger charge is 2.52. The van der Waals surface area contributed by atoms with Gasteiger partial charge in [0.25, 0.3) is 0 Å². The molecule has 10 nitrogen and oxygen atoms in total. The molecule has 3 aromatic rings. The Labute approximate surface area is 259 Å². The van der Waals surface area contributed by atoms with Crippen molar-refractivity contribution in [3.63, 3.8) is 0 Å². The van der Waals surface area contributed by atoms with Crippen LogP contribution in [0.25, 0.3) is 22.4 Å². The third kappa shape index (κ3) is 6.13. The summed E-state index contributed by atoms with van der Waals surface area (Å²) in [5, 5.41) is 10.7. The molecule has 3 saturated heterocycles.